The predicted molar refractivity (Wildman–Crippen MR) is 435 cm³/mol. The van der Waals surface area contributed by atoms with E-state index in [2.05, 4.69) is 0 Å². The third-order valence-electron chi connectivity index (χ3n) is 18.4. The van der Waals surface area contributed by atoms with Crippen LogP contribution in [0.2, 0.25) is 0 Å². The maximum absolute atomic E-state index is 10.1. The van der Waals surface area contributed by atoms with Crippen molar-refractivity contribution < 1.29 is 70.5 Å². The number of hydrogen-bond donors (Lipinski definition) is 0. The molecule has 20 aromatic carbocycles. The van der Waals surface area contributed by atoms with Crippen molar-refractivity contribution in [2.45, 2.75) is 0 Å². The van der Waals surface area contributed by atoms with Gasteiger partial charge in [0.25, 0.3) is 0 Å². The van der Waals surface area contributed by atoms with E-state index in [0.29, 0.717) is 27.5 Å². The summed E-state index contributed by atoms with van der Waals surface area (Å²) in [6.07, 6.45) is 0. The molecule has 0 aliphatic heterocycles. The van der Waals surface area contributed by atoms with Gasteiger partial charge in [0, 0.05) is 21.5 Å². The Bertz CT molecular complexity index is 9960. The number of benzene rings is 20. The second-order valence-corrected chi connectivity index (χ2v) is 23.7. The zero-order chi connectivity index (χ0) is 106. The molecule has 0 aliphatic rings. The van der Waals surface area contributed by atoms with Crippen LogP contribution >= 0.6 is 0 Å². The smallest absolute Gasteiger partial charge is 0.136 e. The van der Waals surface area contributed by atoms with Gasteiger partial charge in [-0.1, -0.05) is 333 Å². The molecule has 0 unspecified atom stereocenters. The van der Waals surface area contributed by atoms with E-state index in [0.717, 1.165) is 32.7 Å². The fourth-order valence-electron chi connectivity index (χ4n) is 14.2. The molecular formula is C100H60O2. The molecule has 0 spiro atoms. The van der Waals surface area contributed by atoms with Crippen LogP contribution in [0.3, 0.4) is 0 Å². The van der Waals surface area contributed by atoms with Crippen LogP contribution in [0.4, 0.5) is 0 Å². The summed E-state index contributed by atoms with van der Waals surface area (Å²) in [7, 11) is 0. The lowest BCUT2D eigenvalue weighted by Crippen LogP contribution is -1.93. The van der Waals surface area contributed by atoms with Crippen molar-refractivity contribution in [1.29, 1.82) is 0 Å². The van der Waals surface area contributed by atoms with Gasteiger partial charge in [-0.15, -0.1) is 0 Å². The van der Waals surface area contributed by atoms with Gasteiger partial charge in [0.05, 0.1) is 61.7 Å². The lowest BCUT2D eigenvalue weighted by molar-refractivity contribution is 0.669. The molecule has 0 atom stereocenters. The summed E-state index contributed by atoms with van der Waals surface area (Å²) >= 11 is 0. The van der Waals surface area contributed by atoms with Gasteiger partial charge >= 0.3 is 0 Å². The molecule has 0 N–H and O–H groups in total. The summed E-state index contributed by atoms with van der Waals surface area (Å²) in [4.78, 5) is 0. The van der Waals surface area contributed by atoms with Crippen LogP contribution in [0.25, 0.3) is 218 Å². The zero-order valence-electron chi connectivity index (χ0n) is 97.0. The molecule has 22 aromatic rings. The maximum atomic E-state index is 10.1. The molecule has 0 amide bonds. The Morgan fingerprint density at radius 3 is 1.28 bits per heavy atom. The van der Waals surface area contributed by atoms with Crippen LogP contribution in [0, 0.1) is 0 Å². The molecule has 0 bridgehead atoms. The summed E-state index contributed by atoms with van der Waals surface area (Å²) in [6, 6.07) is -10.3. The van der Waals surface area contributed by atoms with Crippen molar-refractivity contribution >= 4 is 152 Å². The fraction of sp³-hybridized carbons (Fsp3) is 0. The first-order chi connectivity index (χ1) is 69.4. The van der Waals surface area contributed by atoms with Crippen LogP contribution in [-0.4, -0.2) is 0 Å². The lowest BCUT2D eigenvalue weighted by atomic mass is 9.83. The van der Waals surface area contributed by atoms with Gasteiger partial charge in [-0.2, -0.15) is 0 Å². The molecule has 472 valence electrons. The van der Waals surface area contributed by atoms with E-state index in [4.69, 9.17) is 48.6 Å². The van der Waals surface area contributed by atoms with Gasteiger partial charge in [0.1, 0.15) is 22.3 Å². The first-order valence-corrected chi connectivity index (χ1v) is 31.5. The Kier molecular flexibility index (Phi) is 6.53. The van der Waals surface area contributed by atoms with E-state index in [9.17, 15) is 21.9 Å². The average molecular weight is 1340 g/mol. The third kappa shape index (κ3) is 8.86. The second-order valence-electron chi connectivity index (χ2n) is 23.7. The fourth-order valence-corrected chi connectivity index (χ4v) is 14.2. The van der Waals surface area contributed by atoms with Gasteiger partial charge in [0.2, 0.25) is 0 Å². The van der Waals surface area contributed by atoms with E-state index < -0.39 is 397 Å². The highest BCUT2D eigenvalue weighted by molar-refractivity contribution is 6.30. The van der Waals surface area contributed by atoms with Crippen molar-refractivity contribution in [3.05, 3.63) is 363 Å². The Balaban J connectivity index is 0.000000176. The van der Waals surface area contributed by atoms with E-state index in [1.807, 2.05) is 78.9 Å². The number of rotatable bonds is 6. The molecule has 0 saturated heterocycles. The molecule has 2 nitrogen and oxygen atoms in total. The minimum absolute atomic E-state index is 0.0373. The van der Waals surface area contributed by atoms with Crippen molar-refractivity contribution in [3.63, 3.8) is 0 Å². The molecule has 0 fully saturated rings. The average Bonchev–Trinajstić information content (AvgIpc) is 1.45. The highest BCUT2D eigenvalue weighted by atomic mass is 16.3. The molecule has 102 heavy (non-hydrogen) atoms. The SMILES string of the molecule is [2H]c1c([2H])c(-c2c([2H])c([2H])c(-c3c4c([2H])c([2H])c([2H])c([2H])c4c(-c4c([2H])c([2H])c([2H])c5c([2H])c([2H])c([2H])c([2H])c45)c4c([2H])c([2H])c([2H])c([2H])c34)c3c([2H])c([2H])c([2H])c([2H])c23)c2c(oc3c([2H])c([2H])c4c([2H])c([2H])c([2H])c([2H])c4c32)c1[2H].[2H]c1c([2H])c([2H])c2c([2H])c(-c3c4c([2H])c([2H])c([2H])c([2H])c4c(-c4ccc(-c5cccc6oc7ccc8ccccc8c7c56)c5ccccc45)c4c([2H])c([2H])c([2H])c([2H])c34)c([2H])c([2H])c2c1[2H]. The van der Waals surface area contributed by atoms with Gasteiger partial charge in [0.15, 0.2) is 0 Å². The van der Waals surface area contributed by atoms with Gasteiger partial charge in [-0.3, -0.25) is 0 Å². The van der Waals surface area contributed by atoms with E-state index in [-0.39, 0.29) is 32.7 Å². The molecule has 0 saturated carbocycles. The first kappa shape index (κ1) is 28.8. The minimum Gasteiger partial charge on any atom is -0.456 e. The second kappa shape index (κ2) is 23.1. The monoisotopic (exact) mass is 1340 g/mol. The summed E-state index contributed by atoms with van der Waals surface area (Å²) in [6.45, 7) is 0. The summed E-state index contributed by atoms with van der Waals surface area (Å²) in [5, 5.41) is -4.94. The van der Waals surface area contributed by atoms with Crippen LogP contribution in [0.1, 0.15) is 61.7 Å². The van der Waals surface area contributed by atoms with Crippen LogP contribution in [0.15, 0.2) is 372 Å². The first-order valence-electron chi connectivity index (χ1n) is 54.0. The standard InChI is InChI=1S/2C50H30O/c1-3-16-33-31(13-1)15-11-24-38(33)47-40-20-7-9-22-42(40)48(43-23-10-8-21-41(43)47)44-29-28-37(35-18-5-6-19-36(35)44)39-25-12-26-45-50(39)49-34-17-4-2-14-32(34)27-30-46(49)51-45;1-2-14-33-30-34(25-24-31(33)12-1)47-40-18-7-9-20-42(40)48(43-21-10-8-19-41(43)47)44-28-27-38(36-16-5-6-17-37(36)44)39-22-11-23-45-50(39)49-35-15-4-3-13-32(35)26-29-46(49)51-45/h2*1-30H/i1D,2D,3D,4D,5D,6D,7D,8D,9D,10D,11D,12D,13D,14D,15D,16D,17D,18D,19D,20D,21D,22D,23D,24D,25D,26D,27D,28D,29D,30D;1D,2D,7D,8D,9D,10D,12D,14D,18D,19D,20D,21D,24D,25D,30D. The van der Waals surface area contributed by atoms with Crippen molar-refractivity contribution in [3.8, 4) is 66.8 Å². The van der Waals surface area contributed by atoms with Crippen molar-refractivity contribution in [1.82, 2.24) is 0 Å². The Labute approximate surface area is 650 Å². The highest BCUT2D eigenvalue weighted by Crippen LogP contribution is 2.52. The van der Waals surface area contributed by atoms with Crippen molar-refractivity contribution in [2.24, 2.45) is 0 Å². The molecular weight excluding hydrogens is 1230 g/mol. The summed E-state index contributed by atoms with van der Waals surface area (Å²) in [5.41, 5.74) is -3.51. The Morgan fingerprint density at radius 1 is 0.176 bits per heavy atom. The Morgan fingerprint density at radius 2 is 0.608 bits per heavy atom. The van der Waals surface area contributed by atoms with Crippen LogP contribution < -0.4 is 0 Å². The zero-order valence-corrected chi connectivity index (χ0v) is 52.0. The van der Waals surface area contributed by atoms with Gasteiger partial charge in [-0.05, 0) is 205 Å². The molecule has 2 aromatic heterocycles. The summed E-state index contributed by atoms with van der Waals surface area (Å²) < 4.78 is 422. The quantitative estimate of drug-likeness (QED) is 0.155. The third-order valence-corrected chi connectivity index (χ3v) is 18.4. The summed E-state index contributed by atoms with van der Waals surface area (Å²) in [5.74, 6) is 0. The maximum Gasteiger partial charge on any atom is 0.136 e. The number of fused-ring (bicyclic) bond motifs is 18. The van der Waals surface area contributed by atoms with Crippen LogP contribution in [-0.2, 0) is 0 Å². The minimum atomic E-state index is -1.16. The number of hydrogen-bond acceptors (Lipinski definition) is 2. The number of furan rings is 2. The molecule has 22 rings (SSSR count). The van der Waals surface area contributed by atoms with Gasteiger partial charge < -0.3 is 8.83 Å². The van der Waals surface area contributed by atoms with E-state index in [1.54, 1.807) is 12.1 Å². The molecule has 0 radical (unpaired) electrons. The topological polar surface area (TPSA) is 26.3 Å². The van der Waals surface area contributed by atoms with Gasteiger partial charge in [-0.25, -0.2) is 0 Å². The lowest BCUT2D eigenvalue weighted by Gasteiger charge is -2.20. The molecule has 0 aliphatic carbocycles. The normalized spacial score (nSPS) is 18.1. The molecule has 2 heterocycles. The molecule has 2 heteroatoms. The van der Waals surface area contributed by atoms with Crippen LogP contribution in [0.5, 0.6) is 0 Å². The van der Waals surface area contributed by atoms with E-state index >= 15 is 0 Å². The Hall–Kier alpha value is -13.4. The highest BCUT2D eigenvalue weighted by Gasteiger charge is 2.25. The van der Waals surface area contributed by atoms with E-state index in [1.165, 1.54) is 0 Å². The predicted octanol–water partition coefficient (Wildman–Crippen LogP) is 28.7. The van der Waals surface area contributed by atoms with Crippen molar-refractivity contribution in [2.75, 3.05) is 0 Å². The largest absolute Gasteiger partial charge is 0.456 e.